The summed E-state index contributed by atoms with van der Waals surface area (Å²) in [5, 5.41) is 9.28. The summed E-state index contributed by atoms with van der Waals surface area (Å²) in [6.45, 7) is 0. The molecule has 3 aromatic heterocycles. The van der Waals surface area contributed by atoms with Gasteiger partial charge in [-0.15, -0.1) is 0 Å². The van der Waals surface area contributed by atoms with E-state index in [0.29, 0.717) is 17.5 Å². The molecular formula is C65H40N4O. The number of aromatic nitrogens is 4. The number of hydrogen-bond donors (Lipinski definition) is 0. The van der Waals surface area contributed by atoms with E-state index in [-0.39, 0.29) is 0 Å². The molecule has 5 nitrogen and oxygen atoms in total. The summed E-state index contributed by atoms with van der Waals surface area (Å²) < 4.78 is 8.94. The summed E-state index contributed by atoms with van der Waals surface area (Å²) in [7, 11) is 0. The maximum atomic E-state index is 6.43. The second kappa shape index (κ2) is 16.1. The molecule has 0 spiro atoms. The van der Waals surface area contributed by atoms with Gasteiger partial charge in [-0.1, -0.05) is 200 Å². The molecule has 0 amide bonds. The molecule has 0 aliphatic rings. The van der Waals surface area contributed by atoms with E-state index in [4.69, 9.17) is 19.4 Å². The molecular weight excluding hydrogens is 853 g/mol. The molecule has 0 N–H and O–H groups in total. The summed E-state index contributed by atoms with van der Waals surface area (Å²) >= 11 is 0. The first kappa shape index (κ1) is 39.7. The van der Waals surface area contributed by atoms with E-state index in [1.165, 1.54) is 32.3 Å². The van der Waals surface area contributed by atoms with Crippen LogP contribution in [-0.4, -0.2) is 19.5 Å². The van der Waals surface area contributed by atoms with E-state index in [1.807, 2.05) is 36.4 Å². The van der Waals surface area contributed by atoms with Gasteiger partial charge in [-0.25, -0.2) is 15.0 Å². The van der Waals surface area contributed by atoms with Gasteiger partial charge in [-0.05, 0) is 86.4 Å². The summed E-state index contributed by atoms with van der Waals surface area (Å²) in [5.41, 5.74) is 14.0. The lowest BCUT2D eigenvalue weighted by molar-refractivity contribution is 0.669. The molecule has 0 fully saturated rings. The Balaban J connectivity index is 1.12. The number of para-hydroxylation sites is 1. The average molecular weight is 893 g/mol. The third-order valence-electron chi connectivity index (χ3n) is 13.8. The van der Waals surface area contributed by atoms with Crippen LogP contribution in [0.15, 0.2) is 247 Å². The fraction of sp³-hybridized carbons (Fsp3) is 0. The summed E-state index contributed by atoms with van der Waals surface area (Å²) in [6.07, 6.45) is 0. The predicted octanol–water partition coefficient (Wildman–Crippen LogP) is 17.2. The lowest BCUT2D eigenvalue weighted by atomic mass is 9.88. The van der Waals surface area contributed by atoms with Gasteiger partial charge in [0.1, 0.15) is 11.2 Å². The maximum Gasteiger partial charge on any atom is 0.164 e. The van der Waals surface area contributed by atoms with Gasteiger partial charge < -0.3 is 8.98 Å². The Hall–Kier alpha value is -9.45. The molecule has 326 valence electrons. The van der Waals surface area contributed by atoms with Gasteiger partial charge in [-0.3, -0.25) is 0 Å². The van der Waals surface area contributed by atoms with Crippen molar-refractivity contribution in [2.24, 2.45) is 0 Å². The minimum atomic E-state index is 0.555. The van der Waals surface area contributed by atoms with Gasteiger partial charge in [0, 0.05) is 49.2 Å². The normalized spacial score (nSPS) is 11.7. The Kier molecular flexibility index (Phi) is 9.14. The van der Waals surface area contributed by atoms with Crippen LogP contribution in [0.3, 0.4) is 0 Å². The first-order chi connectivity index (χ1) is 34.7. The molecule has 0 atom stereocenters. The van der Waals surface area contributed by atoms with E-state index >= 15 is 0 Å². The average Bonchev–Trinajstić information content (AvgIpc) is 3.97. The van der Waals surface area contributed by atoms with Gasteiger partial charge >= 0.3 is 0 Å². The van der Waals surface area contributed by atoms with Crippen molar-refractivity contribution in [2.45, 2.75) is 0 Å². The van der Waals surface area contributed by atoms with Crippen LogP contribution in [0, 0.1) is 0 Å². The third-order valence-corrected chi connectivity index (χ3v) is 13.8. The Morgan fingerprint density at radius 2 is 0.843 bits per heavy atom. The topological polar surface area (TPSA) is 56.7 Å². The number of nitrogens with zero attached hydrogens (tertiary/aromatic N) is 4. The monoisotopic (exact) mass is 892 g/mol. The van der Waals surface area contributed by atoms with Crippen molar-refractivity contribution in [3.8, 4) is 73.2 Å². The molecule has 0 bridgehead atoms. The number of rotatable bonds is 7. The molecule has 0 unspecified atom stereocenters. The molecule has 14 aromatic rings. The van der Waals surface area contributed by atoms with Crippen molar-refractivity contribution in [3.63, 3.8) is 0 Å². The highest BCUT2D eigenvalue weighted by Crippen LogP contribution is 2.46. The fourth-order valence-corrected chi connectivity index (χ4v) is 10.5. The molecule has 0 aliphatic heterocycles. The van der Waals surface area contributed by atoms with E-state index in [0.717, 1.165) is 88.7 Å². The van der Waals surface area contributed by atoms with Crippen LogP contribution in [0.2, 0.25) is 0 Å². The van der Waals surface area contributed by atoms with Crippen LogP contribution in [-0.2, 0) is 0 Å². The molecule has 3 heterocycles. The number of furan rings is 1. The predicted molar refractivity (Wildman–Crippen MR) is 289 cm³/mol. The highest BCUT2D eigenvalue weighted by Gasteiger charge is 2.25. The van der Waals surface area contributed by atoms with E-state index < -0.39 is 0 Å². The highest BCUT2D eigenvalue weighted by molar-refractivity contribution is 6.21. The third kappa shape index (κ3) is 6.51. The largest absolute Gasteiger partial charge is 0.456 e. The molecule has 0 saturated heterocycles. The van der Waals surface area contributed by atoms with Crippen LogP contribution in [0.1, 0.15) is 0 Å². The Morgan fingerprint density at radius 3 is 1.60 bits per heavy atom. The Morgan fingerprint density at radius 1 is 0.286 bits per heavy atom. The van der Waals surface area contributed by atoms with Crippen molar-refractivity contribution in [2.75, 3.05) is 0 Å². The number of benzene rings is 11. The lowest BCUT2D eigenvalue weighted by Crippen LogP contribution is -2.04. The zero-order valence-corrected chi connectivity index (χ0v) is 37.8. The van der Waals surface area contributed by atoms with Crippen LogP contribution in [0.5, 0.6) is 0 Å². The van der Waals surface area contributed by atoms with Crippen LogP contribution in [0.25, 0.3) is 139 Å². The van der Waals surface area contributed by atoms with Gasteiger partial charge in [0.2, 0.25) is 0 Å². The molecule has 14 rings (SSSR count). The molecule has 0 saturated carbocycles. The van der Waals surface area contributed by atoms with E-state index in [2.05, 4.69) is 211 Å². The molecule has 0 radical (unpaired) electrons. The van der Waals surface area contributed by atoms with Gasteiger partial charge in [0.25, 0.3) is 0 Å². The minimum absolute atomic E-state index is 0.555. The number of fused-ring (bicyclic) bond motifs is 9. The zero-order chi connectivity index (χ0) is 46.1. The summed E-state index contributed by atoms with van der Waals surface area (Å²) in [6, 6.07) is 86.1. The van der Waals surface area contributed by atoms with Crippen LogP contribution in [0.4, 0.5) is 0 Å². The van der Waals surface area contributed by atoms with Gasteiger partial charge in [-0.2, -0.15) is 0 Å². The van der Waals surface area contributed by atoms with Crippen molar-refractivity contribution < 1.29 is 4.42 Å². The molecule has 5 heteroatoms. The first-order valence-corrected chi connectivity index (χ1v) is 23.7. The SMILES string of the molecule is c1ccc(-c2nc(-c3ccc4c(c3)oc3ccccc34)nc(-c3cc(-c4ccccc4)c(-n4c5cc6ccccc6cc5c5ccc6ccccc6c54)cc3-c3ccccc3-c3ccccc3)n2)cc1. The Bertz CT molecular complexity index is 4350. The summed E-state index contributed by atoms with van der Waals surface area (Å²) in [4.78, 5) is 16.1. The van der Waals surface area contributed by atoms with Crippen molar-refractivity contribution >= 4 is 65.3 Å². The number of hydrogen-bond acceptors (Lipinski definition) is 4. The van der Waals surface area contributed by atoms with Gasteiger partial charge in [0.15, 0.2) is 17.5 Å². The van der Waals surface area contributed by atoms with Crippen molar-refractivity contribution in [1.29, 1.82) is 0 Å². The van der Waals surface area contributed by atoms with Gasteiger partial charge in [0.05, 0.1) is 16.7 Å². The minimum Gasteiger partial charge on any atom is -0.456 e. The molecule has 11 aromatic carbocycles. The highest BCUT2D eigenvalue weighted by atomic mass is 16.3. The fourth-order valence-electron chi connectivity index (χ4n) is 10.5. The standard InChI is InChI=1S/C65H40N4O/c1-4-18-41(19-5-1)48-27-14-15-29-50(48)55-40-59(69-58-37-46-26-11-10-25-45(46)36-56(58)53-35-32-43-22-12-13-28-49(43)62(53)69)54(42-20-6-2-7-21-42)39-57(55)65-67-63(44-23-8-3-9-24-44)66-64(68-65)47-33-34-52-51-30-16-17-31-60(51)70-61(52)38-47/h1-40H. The van der Waals surface area contributed by atoms with E-state index in [1.54, 1.807) is 0 Å². The maximum absolute atomic E-state index is 6.43. The summed E-state index contributed by atoms with van der Waals surface area (Å²) in [5.74, 6) is 1.70. The molecule has 70 heavy (non-hydrogen) atoms. The van der Waals surface area contributed by atoms with Crippen LogP contribution >= 0.6 is 0 Å². The second-order valence-corrected chi connectivity index (χ2v) is 17.9. The smallest absolute Gasteiger partial charge is 0.164 e. The first-order valence-electron chi connectivity index (χ1n) is 23.7. The van der Waals surface area contributed by atoms with E-state index in [9.17, 15) is 0 Å². The van der Waals surface area contributed by atoms with Crippen molar-refractivity contribution in [3.05, 3.63) is 243 Å². The molecule has 0 aliphatic carbocycles. The van der Waals surface area contributed by atoms with Crippen LogP contribution < -0.4 is 0 Å². The lowest BCUT2D eigenvalue weighted by Gasteiger charge is -2.21. The van der Waals surface area contributed by atoms with Crippen molar-refractivity contribution in [1.82, 2.24) is 19.5 Å². The Labute approximate surface area is 403 Å². The second-order valence-electron chi connectivity index (χ2n) is 17.9. The zero-order valence-electron chi connectivity index (χ0n) is 37.8. The quantitative estimate of drug-likeness (QED) is 0.160.